The number of hydrogen-bond donors (Lipinski definition) is 1. The maximum atomic E-state index is 12.4. The lowest BCUT2D eigenvalue weighted by atomic mass is 10.2. The molecule has 162 valence electrons. The van der Waals surface area contributed by atoms with Crippen molar-refractivity contribution in [3.8, 4) is 5.75 Å². The molecule has 0 saturated heterocycles. The van der Waals surface area contributed by atoms with Crippen LogP contribution in [0.4, 0.5) is 5.69 Å². The zero-order valence-electron chi connectivity index (χ0n) is 15.9. The smallest absolute Gasteiger partial charge is 0.343 e. The summed E-state index contributed by atoms with van der Waals surface area (Å²) < 4.78 is 5.35. The van der Waals surface area contributed by atoms with Gasteiger partial charge in [0.15, 0.2) is 0 Å². The molecule has 0 atom stereocenters. The van der Waals surface area contributed by atoms with Gasteiger partial charge in [0.25, 0.3) is 11.6 Å². The summed E-state index contributed by atoms with van der Waals surface area (Å²) in [5, 5.41) is 15.5. The van der Waals surface area contributed by atoms with Gasteiger partial charge in [-0.2, -0.15) is 5.10 Å². The minimum atomic E-state index is -0.742. The van der Waals surface area contributed by atoms with Crippen molar-refractivity contribution in [2.45, 2.75) is 0 Å². The third-order valence-electron chi connectivity index (χ3n) is 4.03. The highest BCUT2D eigenvalue weighted by Crippen LogP contribution is 2.24. The summed E-state index contributed by atoms with van der Waals surface area (Å²) in [7, 11) is 0. The number of carbonyl (C=O) groups excluding carboxylic acids is 2. The first-order valence-corrected chi connectivity index (χ1v) is 9.92. The number of hydrogen-bond acceptors (Lipinski definition) is 6. The standard InChI is InChI=1S/C21H12Cl3N3O5/c22-14-4-8-19(32-21(29)12-1-5-16(6-2-12)27(30)31)13(9-14)11-25-26-20(28)17-7-3-15(23)10-18(17)24/h1-11H,(H,26,28)/b25-11+. The minimum Gasteiger partial charge on any atom is -0.422 e. The van der Waals surface area contributed by atoms with Gasteiger partial charge in [-0.3, -0.25) is 14.9 Å². The number of esters is 1. The maximum Gasteiger partial charge on any atom is 0.343 e. The van der Waals surface area contributed by atoms with E-state index in [0.29, 0.717) is 15.6 Å². The number of rotatable bonds is 6. The first-order valence-electron chi connectivity index (χ1n) is 8.79. The van der Waals surface area contributed by atoms with E-state index in [-0.39, 0.29) is 27.6 Å². The Hall–Kier alpha value is -3.46. The SMILES string of the molecule is O=C(Oc1ccc(Cl)cc1/C=N/NC(=O)c1ccc(Cl)cc1Cl)c1ccc([N+](=O)[O-])cc1. The number of halogens is 3. The highest BCUT2D eigenvalue weighted by atomic mass is 35.5. The average Bonchev–Trinajstić information content (AvgIpc) is 2.75. The summed E-state index contributed by atoms with van der Waals surface area (Å²) in [4.78, 5) is 34.8. The number of nitro groups is 1. The quantitative estimate of drug-likeness (QED) is 0.160. The number of non-ortho nitro benzene ring substituents is 1. The topological polar surface area (TPSA) is 111 Å². The van der Waals surface area contributed by atoms with Gasteiger partial charge in [-0.1, -0.05) is 34.8 Å². The molecular formula is C21H12Cl3N3O5. The second-order valence-corrected chi connectivity index (χ2v) is 7.48. The maximum absolute atomic E-state index is 12.4. The fourth-order valence-corrected chi connectivity index (χ4v) is 3.16. The number of amides is 1. The second kappa shape index (κ2) is 10.2. The molecular weight excluding hydrogens is 481 g/mol. The van der Waals surface area contributed by atoms with Crippen LogP contribution in [-0.2, 0) is 0 Å². The monoisotopic (exact) mass is 491 g/mol. The lowest BCUT2D eigenvalue weighted by Crippen LogP contribution is -2.18. The zero-order valence-corrected chi connectivity index (χ0v) is 18.2. The van der Waals surface area contributed by atoms with Gasteiger partial charge in [-0.05, 0) is 48.5 Å². The number of carbonyl (C=O) groups is 2. The van der Waals surface area contributed by atoms with Crippen molar-refractivity contribution in [2.75, 3.05) is 0 Å². The average molecular weight is 493 g/mol. The van der Waals surface area contributed by atoms with Crippen molar-refractivity contribution in [2.24, 2.45) is 5.10 Å². The first-order chi connectivity index (χ1) is 15.2. The summed E-state index contributed by atoms with van der Waals surface area (Å²) >= 11 is 17.8. The van der Waals surface area contributed by atoms with Crippen molar-refractivity contribution in [1.82, 2.24) is 5.43 Å². The van der Waals surface area contributed by atoms with Crippen molar-refractivity contribution in [1.29, 1.82) is 0 Å². The number of nitrogens with one attached hydrogen (secondary N) is 1. The molecule has 1 amide bonds. The van der Waals surface area contributed by atoms with E-state index in [1.54, 1.807) is 0 Å². The molecule has 0 heterocycles. The number of nitrogens with zero attached hydrogens (tertiary/aromatic N) is 2. The molecule has 0 radical (unpaired) electrons. The lowest BCUT2D eigenvalue weighted by Gasteiger charge is -2.08. The lowest BCUT2D eigenvalue weighted by molar-refractivity contribution is -0.384. The van der Waals surface area contributed by atoms with E-state index in [1.807, 2.05) is 0 Å². The second-order valence-electron chi connectivity index (χ2n) is 6.20. The molecule has 1 N–H and O–H groups in total. The van der Waals surface area contributed by atoms with E-state index >= 15 is 0 Å². The van der Waals surface area contributed by atoms with Crippen LogP contribution >= 0.6 is 34.8 Å². The summed E-state index contributed by atoms with van der Waals surface area (Å²) in [6.45, 7) is 0. The summed E-state index contributed by atoms with van der Waals surface area (Å²) in [5.41, 5.74) is 2.74. The molecule has 0 fully saturated rings. The van der Waals surface area contributed by atoms with E-state index in [0.717, 1.165) is 0 Å². The number of nitro benzene ring substituents is 1. The highest BCUT2D eigenvalue weighted by Gasteiger charge is 2.14. The molecule has 0 bridgehead atoms. The Morgan fingerprint density at radius 3 is 2.28 bits per heavy atom. The van der Waals surface area contributed by atoms with Gasteiger partial charge in [0.2, 0.25) is 0 Å². The molecule has 0 aliphatic heterocycles. The van der Waals surface area contributed by atoms with Crippen molar-refractivity contribution in [3.63, 3.8) is 0 Å². The van der Waals surface area contributed by atoms with Crippen LogP contribution < -0.4 is 10.2 Å². The van der Waals surface area contributed by atoms with Gasteiger partial charge in [0.1, 0.15) is 5.75 Å². The highest BCUT2D eigenvalue weighted by molar-refractivity contribution is 6.36. The van der Waals surface area contributed by atoms with Crippen LogP contribution in [0.15, 0.2) is 65.8 Å². The molecule has 11 heteroatoms. The van der Waals surface area contributed by atoms with Crippen molar-refractivity contribution >= 4 is 58.6 Å². The normalized spacial score (nSPS) is 10.7. The number of ether oxygens (including phenoxy) is 1. The van der Waals surface area contributed by atoms with Crippen LogP contribution in [0.25, 0.3) is 0 Å². The molecule has 0 saturated carbocycles. The molecule has 0 aliphatic rings. The van der Waals surface area contributed by atoms with Crippen LogP contribution in [0.1, 0.15) is 26.3 Å². The minimum absolute atomic E-state index is 0.110. The van der Waals surface area contributed by atoms with Crippen LogP contribution in [0.3, 0.4) is 0 Å². The van der Waals surface area contributed by atoms with Crippen LogP contribution in [0.5, 0.6) is 5.75 Å². The molecule has 0 aliphatic carbocycles. The number of benzene rings is 3. The molecule has 0 spiro atoms. The molecule has 32 heavy (non-hydrogen) atoms. The Balaban J connectivity index is 1.75. The molecule has 0 aromatic heterocycles. The molecule has 0 unspecified atom stereocenters. The predicted octanol–water partition coefficient (Wildman–Crippen LogP) is 5.54. The predicted molar refractivity (Wildman–Crippen MR) is 121 cm³/mol. The van der Waals surface area contributed by atoms with E-state index < -0.39 is 16.8 Å². The van der Waals surface area contributed by atoms with Gasteiger partial charge in [-0.25, -0.2) is 10.2 Å². The Morgan fingerprint density at radius 2 is 1.62 bits per heavy atom. The molecule has 8 nitrogen and oxygen atoms in total. The van der Waals surface area contributed by atoms with Crippen LogP contribution in [-0.4, -0.2) is 23.0 Å². The van der Waals surface area contributed by atoms with Gasteiger partial charge < -0.3 is 4.74 Å². The molecule has 3 aromatic rings. The summed E-state index contributed by atoms with van der Waals surface area (Å²) in [5.74, 6) is -1.21. The van der Waals surface area contributed by atoms with Gasteiger partial charge in [0, 0.05) is 27.7 Å². The van der Waals surface area contributed by atoms with E-state index in [9.17, 15) is 19.7 Å². The van der Waals surface area contributed by atoms with Crippen LogP contribution in [0, 0.1) is 10.1 Å². The van der Waals surface area contributed by atoms with Crippen LogP contribution in [0.2, 0.25) is 15.1 Å². The molecule has 3 rings (SSSR count). The van der Waals surface area contributed by atoms with Gasteiger partial charge in [0.05, 0.1) is 27.3 Å². The van der Waals surface area contributed by atoms with E-state index in [4.69, 9.17) is 39.5 Å². The third kappa shape index (κ3) is 5.82. The molecule has 3 aromatic carbocycles. The largest absolute Gasteiger partial charge is 0.422 e. The Kier molecular flexibility index (Phi) is 7.42. The van der Waals surface area contributed by atoms with Crippen molar-refractivity contribution < 1.29 is 19.2 Å². The van der Waals surface area contributed by atoms with Gasteiger partial charge >= 0.3 is 5.97 Å². The van der Waals surface area contributed by atoms with E-state index in [2.05, 4.69) is 10.5 Å². The fraction of sp³-hybridized carbons (Fsp3) is 0. The summed E-state index contributed by atoms with van der Waals surface area (Å²) in [6.07, 6.45) is 1.24. The van der Waals surface area contributed by atoms with Crippen molar-refractivity contribution in [3.05, 3.63) is 103 Å². The summed E-state index contributed by atoms with van der Waals surface area (Å²) in [6, 6.07) is 13.8. The number of hydrazone groups is 1. The first kappa shape index (κ1) is 23.2. The van der Waals surface area contributed by atoms with E-state index in [1.165, 1.54) is 66.9 Å². The Labute approximate surface area is 196 Å². The van der Waals surface area contributed by atoms with Gasteiger partial charge in [-0.15, -0.1) is 0 Å². The Morgan fingerprint density at radius 1 is 0.969 bits per heavy atom. The Bertz CT molecular complexity index is 1230. The zero-order chi connectivity index (χ0) is 23.3. The fourth-order valence-electron chi connectivity index (χ4n) is 2.49. The third-order valence-corrected chi connectivity index (χ3v) is 4.82.